The molecule has 1 aliphatic rings. The van der Waals surface area contributed by atoms with Crippen LogP contribution in [0.25, 0.3) is 5.65 Å². The fourth-order valence-electron chi connectivity index (χ4n) is 4.37. The largest absolute Gasteiger partial charge is 0.485 e. The highest BCUT2D eigenvalue weighted by Crippen LogP contribution is 2.30. The fraction of sp³-hybridized carbons (Fsp3) is 0.417. The van der Waals surface area contributed by atoms with Crippen molar-refractivity contribution < 1.29 is 18.3 Å². The molecule has 0 bridgehead atoms. The van der Waals surface area contributed by atoms with Crippen molar-refractivity contribution in [3.05, 3.63) is 64.6 Å². The number of carbonyl (C=O) groups is 1. The number of ether oxygens (including phenoxy) is 1. The molecule has 1 saturated carbocycles. The second-order valence-electron chi connectivity index (χ2n) is 8.22. The van der Waals surface area contributed by atoms with Crippen molar-refractivity contribution in [2.75, 3.05) is 0 Å². The van der Waals surface area contributed by atoms with Crippen LogP contribution in [-0.4, -0.2) is 15.2 Å². The maximum atomic E-state index is 13.9. The van der Waals surface area contributed by atoms with Gasteiger partial charge in [0.25, 0.3) is 0 Å². The Morgan fingerprint density at radius 2 is 1.90 bits per heavy atom. The molecule has 2 heterocycles. The van der Waals surface area contributed by atoms with E-state index in [9.17, 15) is 13.6 Å². The van der Waals surface area contributed by atoms with Gasteiger partial charge in [-0.25, -0.2) is 13.8 Å². The van der Waals surface area contributed by atoms with Gasteiger partial charge in [0.05, 0.1) is 11.3 Å². The molecule has 1 aromatic carbocycles. The van der Waals surface area contributed by atoms with Gasteiger partial charge in [-0.2, -0.15) is 0 Å². The number of aromatic nitrogens is 2. The molecule has 30 heavy (non-hydrogen) atoms. The molecule has 0 unspecified atom stereocenters. The van der Waals surface area contributed by atoms with Crippen molar-refractivity contribution in [2.45, 2.75) is 59.0 Å². The van der Waals surface area contributed by atoms with Crippen LogP contribution in [0, 0.1) is 31.4 Å². The Morgan fingerprint density at radius 3 is 2.60 bits per heavy atom. The Hall–Kier alpha value is -2.76. The van der Waals surface area contributed by atoms with Crippen LogP contribution in [0.5, 0.6) is 5.75 Å². The normalized spacial score (nSPS) is 14.5. The third-order valence-corrected chi connectivity index (χ3v) is 5.95. The highest BCUT2D eigenvalue weighted by molar-refractivity contribution is 5.96. The average Bonchev–Trinajstić information content (AvgIpc) is 3.33. The maximum Gasteiger partial charge on any atom is 0.181 e. The summed E-state index contributed by atoms with van der Waals surface area (Å²) in [4.78, 5) is 17.5. The van der Waals surface area contributed by atoms with Gasteiger partial charge in [0.1, 0.15) is 23.9 Å². The summed E-state index contributed by atoms with van der Waals surface area (Å²) in [5.41, 5.74) is 2.42. The zero-order valence-electron chi connectivity index (χ0n) is 17.4. The van der Waals surface area contributed by atoms with Crippen LogP contribution >= 0.6 is 0 Å². The Labute approximate surface area is 174 Å². The number of ketones is 1. The van der Waals surface area contributed by atoms with Crippen LogP contribution in [0.15, 0.2) is 30.5 Å². The number of hydrogen-bond acceptors (Lipinski definition) is 3. The van der Waals surface area contributed by atoms with Crippen LogP contribution in [0.4, 0.5) is 8.78 Å². The predicted molar refractivity (Wildman–Crippen MR) is 111 cm³/mol. The minimum Gasteiger partial charge on any atom is -0.485 e. The van der Waals surface area contributed by atoms with Gasteiger partial charge >= 0.3 is 0 Å². The highest BCUT2D eigenvalue weighted by atomic mass is 19.1. The molecular weight excluding hydrogens is 386 g/mol. The Balaban J connectivity index is 1.60. The van der Waals surface area contributed by atoms with Crippen molar-refractivity contribution in [1.29, 1.82) is 0 Å². The summed E-state index contributed by atoms with van der Waals surface area (Å²) < 4.78 is 35.4. The first-order chi connectivity index (χ1) is 14.4. The van der Waals surface area contributed by atoms with Crippen molar-refractivity contribution >= 4 is 11.4 Å². The number of hydrogen-bond donors (Lipinski definition) is 0. The van der Waals surface area contributed by atoms with E-state index in [-0.39, 0.29) is 18.0 Å². The molecule has 0 aliphatic heterocycles. The van der Waals surface area contributed by atoms with Crippen LogP contribution in [0.3, 0.4) is 0 Å². The number of aryl methyl sites for hydroxylation is 2. The molecule has 4 nitrogen and oxygen atoms in total. The van der Waals surface area contributed by atoms with Crippen LogP contribution in [-0.2, 0) is 6.61 Å². The lowest BCUT2D eigenvalue weighted by molar-refractivity contribution is 0.0967. The molecule has 1 fully saturated rings. The van der Waals surface area contributed by atoms with Crippen LogP contribution in [0.2, 0.25) is 0 Å². The lowest BCUT2D eigenvalue weighted by Gasteiger charge is -2.11. The zero-order valence-corrected chi connectivity index (χ0v) is 17.4. The van der Waals surface area contributed by atoms with Crippen molar-refractivity contribution in [2.24, 2.45) is 5.92 Å². The second-order valence-corrected chi connectivity index (χ2v) is 8.22. The first kappa shape index (κ1) is 20.5. The molecule has 0 spiro atoms. The number of benzene rings is 1. The lowest BCUT2D eigenvalue weighted by Crippen LogP contribution is -2.08. The zero-order chi connectivity index (χ0) is 21.3. The van der Waals surface area contributed by atoms with E-state index >= 15 is 0 Å². The van der Waals surface area contributed by atoms with Gasteiger partial charge in [0.15, 0.2) is 17.2 Å². The summed E-state index contributed by atoms with van der Waals surface area (Å²) in [5, 5.41) is 0. The molecule has 0 radical (unpaired) electrons. The summed E-state index contributed by atoms with van der Waals surface area (Å²) in [7, 11) is 0. The molecule has 0 amide bonds. The molecule has 4 rings (SSSR count). The third-order valence-electron chi connectivity index (χ3n) is 5.95. The van der Waals surface area contributed by atoms with E-state index in [2.05, 4.69) is 4.98 Å². The van der Waals surface area contributed by atoms with Gasteiger partial charge in [-0.1, -0.05) is 31.7 Å². The smallest absolute Gasteiger partial charge is 0.181 e. The first-order valence-electron chi connectivity index (χ1n) is 10.5. The SMILES string of the molecule is Cc1cc(OCc2c(F)cccc2F)c2nc(C)c(C(=O)CCC3CCCC3)n2c1. The standard InChI is InChI=1S/C24H26F2N2O2/c1-15-12-22(30-14-18-19(25)8-5-9-20(18)26)24-27-16(2)23(28(24)13-15)21(29)11-10-17-6-3-4-7-17/h5,8-9,12-13,17H,3-4,6-7,10-11,14H2,1-2H3. The Kier molecular flexibility index (Phi) is 5.84. The molecule has 0 atom stereocenters. The highest BCUT2D eigenvalue weighted by Gasteiger charge is 2.22. The second kappa shape index (κ2) is 8.54. The monoisotopic (exact) mass is 412 g/mol. The first-order valence-corrected chi connectivity index (χ1v) is 10.5. The molecule has 6 heteroatoms. The van der Waals surface area contributed by atoms with E-state index in [1.165, 1.54) is 43.9 Å². The summed E-state index contributed by atoms with van der Waals surface area (Å²) in [6, 6.07) is 5.50. The number of rotatable bonds is 7. The number of halogens is 2. The number of nitrogens with zero attached hydrogens (tertiary/aromatic N) is 2. The van der Waals surface area contributed by atoms with Gasteiger partial charge in [0.2, 0.25) is 0 Å². The quantitative estimate of drug-likeness (QED) is 0.450. The minimum atomic E-state index is -0.652. The molecule has 0 N–H and O–H groups in total. The summed E-state index contributed by atoms with van der Waals surface area (Å²) in [5.74, 6) is -0.189. The maximum absolute atomic E-state index is 13.9. The van der Waals surface area contributed by atoms with Gasteiger partial charge < -0.3 is 4.74 Å². The van der Waals surface area contributed by atoms with E-state index in [0.29, 0.717) is 35.1 Å². The Morgan fingerprint density at radius 1 is 1.20 bits per heavy atom. The number of Topliss-reactive ketones (excluding diaryl/α,β-unsaturated/α-hetero) is 1. The van der Waals surface area contributed by atoms with E-state index in [1.807, 2.05) is 20.0 Å². The molecule has 1 aliphatic carbocycles. The van der Waals surface area contributed by atoms with Crippen LogP contribution < -0.4 is 4.74 Å². The van der Waals surface area contributed by atoms with Crippen molar-refractivity contribution in [3.8, 4) is 5.75 Å². The van der Waals surface area contributed by atoms with Crippen molar-refractivity contribution in [3.63, 3.8) is 0 Å². The van der Waals surface area contributed by atoms with Gasteiger partial charge in [-0.05, 0) is 49.9 Å². The summed E-state index contributed by atoms with van der Waals surface area (Å²) >= 11 is 0. The number of imidazole rings is 1. The number of fused-ring (bicyclic) bond motifs is 1. The number of carbonyl (C=O) groups excluding carboxylic acids is 1. The average molecular weight is 412 g/mol. The Bertz CT molecular complexity index is 1060. The fourth-order valence-corrected chi connectivity index (χ4v) is 4.37. The minimum absolute atomic E-state index is 0.0728. The molecule has 158 valence electrons. The molecule has 3 aromatic rings. The third kappa shape index (κ3) is 4.09. The van der Waals surface area contributed by atoms with E-state index in [1.54, 1.807) is 10.5 Å². The van der Waals surface area contributed by atoms with E-state index < -0.39 is 11.6 Å². The summed E-state index contributed by atoms with van der Waals surface area (Å²) in [6.45, 7) is 3.44. The van der Waals surface area contributed by atoms with Gasteiger partial charge in [-0.15, -0.1) is 0 Å². The van der Waals surface area contributed by atoms with E-state index in [4.69, 9.17) is 4.74 Å². The van der Waals surface area contributed by atoms with Crippen LogP contribution in [0.1, 0.15) is 65.8 Å². The van der Waals surface area contributed by atoms with Gasteiger partial charge in [0, 0.05) is 12.6 Å². The predicted octanol–water partition coefficient (Wildman–Crippen LogP) is 5.96. The number of pyridine rings is 1. The van der Waals surface area contributed by atoms with Crippen molar-refractivity contribution in [1.82, 2.24) is 9.38 Å². The van der Waals surface area contributed by atoms with Gasteiger partial charge in [-0.3, -0.25) is 9.20 Å². The van der Waals surface area contributed by atoms with E-state index in [0.717, 1.165) is 12.0 Å². The molecular formula is C24H26F2N2O2. The molecule has 0 saturated heterocycles. The topological polar surface area (TPSA) is 43.6 Å². The lowest BCUT2D eigenvalue weighted by atomic mass is 9.99. The summed E-state index contributed by atoms with van der Waals surface area (Å²) in [6.07, 6.45) is 8.21. The molecule has 2 aromatic heterocycles.